The van der Waals surface area contributed by atoms with Gasteiger partial charge in [0.05, 0.1) is 5.56 Å². The number of rotatable bonds is 4. The normalized spacial score (nSPS) is 19.5. The minimum absolute atomic E-state index is 0.164. The predicted molar refractivity (Wildman–Crippen MR) is 89.8 cm³/mol. The van der Waals surface area contributed by atoms with E-state index in [-0.39, 0.29) is 17.0 Å². The molecule has 2 heterocycles. The molecule has 0 aliphatic carbocycles. The lowest BCUT2D eigenvalue weighted by Crippen LogP contribution is -2.39. The van der Waals surface area contributed by atoms with Gasteiger partial charge in [-0.2, -0.15) is 0 Å². The SMILES string of the molecule is C/C=C/CN1C=C(c2cccc(C(N)=O)c2F)C2=CC=NC2C1=O. The molecule has 0 fully saturated rings. The summed E-state index contributed by atoms with van der Waals surface area (Å²) in [6.07, 6.45) is 8.50. The Bertz CT molecular complexity index is 837. The Morgan fingerprint density at radius 1 is 1.46 bits per heavy atom. The lowest BCUT2D eigenvalue weighted by Gasteiger charge is -2.29. The van der Waals surface area contributed by atoms with Crippen LogP contribution in [-0.2, 0) is 4.79 Å². The van der Waals surface area contributed by atoms with Gasteiger partial charge in [-0.15, -0.1) is 0 Å². The highest BCUT2D eigenvalue weighted by Crippen LogP contribution is 2.36. The average Bonchev–Trinajstić information content (AvgIpc) is 3.05. The molecule has 1 aromatic carbocycles. The van der Waals surface area contributed by atoms with Crippen molar-refractivity contribution in [3.8, 4) is 0 Å². The number of fused-ring (bicyclic) bond motifs is 1. The first-order valence-corrected chi connectivity index (χ1v) is 7.50. The lowest BCUT2D eigenvalue weighted by atomic mass is 9.89. The van der Waals surface area contributed by atoms with E-state index < -0.39 is 17.8 Å². The number of amides is 2. The summed E-state index contributed by atoms with van der Waals surface area (Å²) >= 11 is 0. The highest BCUT2D eigenvalue weighted by molar-refractivity contribution is 6.04. The van der Waals surface area contributed by atoms with Gasteiger partial charge in [0, 0.05) is 30.1 Å². The van der Waals surface area contributed by atoms with Gasteiger partial charge in [-0.25, -0.2) is 4.39 Å². The molecule has 0 bridgehead atoms. The molecule has 5 nitrogen and oxygen atoms in total. The molecule has 0 aromatic heterocycles. The number of benzene rings is 1. The zero-order chi connectivity index (χ0) is 17.3. The predicted octanol–water partition coefficient (Wildman–Crippen LogP) is 2.06. The van der Waals surface area contributed by atoms with Crippen molar-refractivity contribution in [2.75, 3.05) is 6.54 Å². The number of halogens is 1. The average molecular weight is 325 g/mol. The standard InChI is InChI=1S/C18H16FN3O2/c1-2-3-9-22-10-14(12-7-8-21-16(12)18(22)24)11-5-4-6-13(15(11)19)17(20)23/h2-8,10,16H,9H2,1H3,(H2,20,23)/b3-2+. The molecule has 1 unspecified atom stereocenters. The van der Waals surface area contributed by atoms with E-state index in [2.05, 4.69) is 4.99 Å². The third kappa shape index (κ3) is 2.56. The first-order chi connectivity index (χ1) is 11.5. The van der Waals surface area contributed by atoms with Gasteiger partial charge in [0.15, 0.2) is 6.04 Å². The van der Waals surface area contributed by atoms with Crippen LogP contribution in [0.15, 0.2) is 53.2 Å². The first kappa shape index (κ1) is 15.9. The maximum Gasteiger partial charge on any atom is 0.256 e. The molecule has 3 rings (SSSR count). The van der Waals surface area contributed by atoms with Crippen molar-refractivity contribution in [1.29, 1.82) is 0 Å². The van der Waals surface area contributed by atoms with Crippen LogP contribution in [0.5, 0.6) is 0 Å². The van der Waals surface area contributed by atoms with Gasteiger partial charge in [-0.05, 0) is 24.6 Å². The van der Waals surface area contributed by atoms with Crippen LogP contribution in [0.4, 0.5) is 4.39 Å². The van der Waals surface area contributed by atoms with Gasteiger partial charge >= 0.3 is 0 Å². The van der Waals surface area contributed by atoms with Gasteiger partial charge in [-0.3, -0.25) is 14.6 Å². The summed E-state index contributed by atoms with van der Waals surface area (Å²) in [7, 11) is 0. The van der Waals surface area contributed by atoms with Crippen LogP contribution < -0.4 is 5.73 Å². The van der Waals surface area contributed by atoms with E-state index in [1.807, 2.05) is 19.1 Å². The molecule has 2 aliphatic rings. The van der Waals surface area contributed by atoms with Crippen molar-refractivity contribution in [1.82, 2.24) is 4.90 Å². The van der Waals surface area contributed by atoms with E-state index in [1.165, 1.54) is 11.0 Å². The number of allylic oxidation sites excluding steroid dienone is 2. The number of carbonyl (C=O) groups is 2. The molecule has 1 atom stereocenters. The summed E-state index contributed by atoms with van der Waals surface area (Å²) in [5, 5.41) is 0. The smallest absolute Gasteiger partial charge is 0.256 e. The van der Waals surface area contributed by atoms with Gasteiger partial charge < -0.3 is 10.6 Å². The number of primary amides is 1. The van der Waals surface area contributed by atoms with Crippen molar-refractivity contribution in [3.05, 3.63) is 65.1 Å². The summed E-state index contributed by atoms with van der Waals surface area (Å²) in [5.41, 5.74) is 6.42. The number of nitrogens with two attached hydrogens (primary N) is 1. The second-order valence-electron chi connectivity index (χ2n) is 5.46. The van der Waals surface area contributed by atoms with Gasteiger partial charge in [0.25, 0.3) is 11.8 Å². The van der Waals surface area contributed by atoms with E-state index in [9.17, 15) is 14.0 Å². The van der Waals surface area contributed by atoms with Crippen LogP contribution in [0, 0.1) is 5.82 Å². The molecule has 0 radical (unpaired) electrons. The number of hydrogen-bond acceptors (Lipinski definition) is 3. The lowest BCUT2D eigenvalue weighted by molar-refractivity contribution is -0.128. The Morgan fingerprint density at radius 3 is 2.96 bits per heavy atom. The van der Waals surface area contributed by atoms with E-state index in [0.29, 0.717) is 17.7 Å². The van der Waals surface area contributed by atoms with E-state index in [4.69, 9.17) is 5.73 Å². The number of aliphatic imine (C=N–C) groups is 1. The van der Waals surface area contributed by atoms with Crippen LogP contribution in [0.2, 0.25) is 0 Å². The molecule has 6 heteroatoms. The van der Waals surface area contributed by atoms with Gasteiger partial charge in [-0.1, -0.05) is 24.3 Å². The molecule has 0 saturated carbocycles. The van der Waals surface area contributed by atoms with E-state index >= 15 is 0 Å². The van der Waals surface area contributed by atoms with Crippen LogP contribution >= 0.6 is 0 Å². The molecule has 1 aromatic rings. The van der Waals surface area contributed by atoms with Crippen molar-refractivity contribution in [3.63, 3.8) is 0 Å². The Morgan fingerprint density at radius 2 is 2.25 bits per heavy atom. The summed E-state index contributed by atoms with van der Waals surface area (Å²) < 4.78 is 14.7. The Labute approximate surface area is 138 Å². The molecule has 2 aliphatic heterocycles. The molecule has 2 N–H and O–H groups in total. The van der Waals surface area contributed by atoms with Gasteiger partial charge in [0.1, 0.15) is 5.82 Å². The highest BCUT2D eigenvalue weighted by atomic mass is 19.1. The molecule has 0 spiro atoms. The number of hydrogen-bond donors (Lipinski definition) is 1. The minimum Gasteiger partial charge on any atom is -0.366 e. The summed E-state index contributed by atoms with van der Waals surface area (Å²) in [6.45, 7) is 2.23. The summed E-state index contributed by atoms with van der Waals surface area (Å²) in [5.74, 6) is -1.69. The molecule has 2 amide bonds. The molecule has 0 saturated heterocycles. The first-order valence-electron chi connectivity index (χ1n) is 7.50. The zero-order valence-electron chi connectivity index (χ0n) is 13.1. The topological polar surface area (TPSA) is 75.8 Å². The maximum atomic E-state index is 14.7. The largest absolute Gasteiger partial charge is 0.366 e. The number of nitrogens with zero attached hydrogens (tertiary/aromatic N) is 2. The highest BCUT2D eigenvalue weighted by Gasteiger charge is 2.35. The van der Waals surface area contributed by atoms with E-state index in [1.54, 1.807) is 30.6 Å². The molecule has 122 valence electrons. The van der Waals surface area contributed by atoms with Crippen molar-refractivity contribution in [2.24, 2.45) is 10.7 Å². The Balaban J connectivity index is 2.13. The maximum absolute atomic E-state index is 14.7. The Hall–Kier alpha value is -3.02. The number of carbonyl (C=O) groups excluding carboxylic acids is 2. The fourth-order valence-electron chi connectivity index (χ4n) is 2.78. The molecular weight excluding hydrogens is 309 g/mol. The second-order valence-corrected chi connectivity index (χ2v) is 5.46. The summed E-state index contributed by atoms with van der Waals surface area (Å²) in [4.78, 5) is 29.5. The van der Waals surface area contributed by atoms with Crippen molar-refractivity contribution >= 4 is 23.6 Å². The van der Waals surface area contributed by atoms with Crippen molar-refractivity contribution in [2.45, 2.75) is 13.0 Å². The zero-order valence-corrected chi connectivity index (χ0v) is 13.1. The van der Waals surface area contributed by atoms with E-state index in [0.717, 1.165) is 0 Å². The third-order valence-electron chi connectivity index (χ3n) is 3.99. The van der Waals surface area contributed by atoms with Gasteiger partial charge in [0.2, 0.25) is 0 Å². The van der Waals surface area contributed by atoms with Crippen LogP contribution in [0.25, 0.3) is 5.57 Å². The van der Waals surface area contributed by atoms with Crippen molar-refractivity contribution < 1.29 is 14.0 Å². The quantitative estimate of drug-likeness (QED) is 0.860. The van der Waals surface area contributed by atoms with Crippen LogP contribution in [0.3, 0.4) is 0 Å². The summed E-state index contributed by atoms with van der Waals surface area (Å²) in [6, 6.07) is 3.79. The molecular formula is C18H16FN3O2. The Kier molecular flexibility index (Phi) is 4.12. The molecule has 24 heavy (non-hydrogen) atoms. The monoisotopic (exact) mass is 325 g/mol. The fourth-order valence-corrected chi connectivity index (χ4v) is 2.78. The third-order valence-corrected chi connectivity index (χ3v) is 3.99. The van der Waals surface area contributed by atoms with Crippen LogP contribution in [-0.4, -0.2) is 35.5 Å². The minimum atomic E-state index is -0.833. The fraction of sp³-hybridized carbons (Fsp3) is 0.167. The van der Waals surface area contributed by atoms with Crippen LogP contribution in [0.1, 0.15) is 22.8 Å². The second kappa shape index (κ2) is 6.23.